The van der Waals surface area contributed by atoms with Crippen LogP contribution in [0.15, 0.2) is 45.9 Å². The van der Waals surface area contributed by atoms with Gasteiger partial charge in [0.2, 0.25) is 10.0 Å². The van der Waals surface area contributed by atoms with Gasteiger partial charge in [-0.05, 0) is 28.5 Å². The lowest BCUT2D eigenvalue weighted by atomic mass is 9.84. The van der Waals surface area contributed by atoms with Crippen molar-refractivity contribution in [1.29, 1.82) is 0 Å². The molecule has 2 aliphatic heterocycles. The summed E-state index contributed by atoms with van der Waals surface area (Å²) in [7, 11) is -3.84. The molecule has 0 saturated carbocycles. The molecule has 0 aliphatic carbocycles. The predicted molar refractivity (Wildman–Crippen MR) is 98.3 cm³/mol. The monoisotopic (exact) mass is 419 g/mol. The molecule has 0 unspecified atom stereocenters. The number of hydrogen-bond acceptors (Lipinski definition) is 7. The standard InChI is InChI=1S/C18H14ClN3O5S/c19-13-5-6-14(16-15(13)20-27-21-16)28(24,25)22-9-7-18(8-10-22)12-4-2-1-3-11(12)17(23)26-18/h1-6H,7-10H2. The Balaban J connectivity index is 1.47. The van der Waals surface area contributed by atoms with E-state index >= 15 is 0 Å². The second kappa shape index (κ2) is 6.00. The molecule has 10 heteroatoms. The van der Waals surface area contributed by atoms with Gasteiger partial charge < -0.3 is 4.74 Å². The zero-order chi connectivity index (χ0) is 19.5. The van der Waals surface area contributed by atoms with Crippen molar-refractivity contribution in [2.45, 2.75) is 23.3 Å². The molecule has 5 rings (SSSR count). The smallest absolute Gasteiger partial charge is 0.339 e. The van der Waals surface area contributed by atoms with Gasteiger partial charge in [-0.2, -0.15) is 4.31 Å². The molecule has 8 nitrogen and oxygen atoms in total. The van der Waals surface area contributed by atoms with Crippen molar-refractivity contribution in [2.75, 3.05) is 13.1 Å². The number of aromatic nitrogens is 2. The van der Waals surface area contributed by atoms with E-state index in [0.717, 1.165) is 5.56 Å². The van der Waals surface area contributed by atoms with Crippen LogP contribution in [-0.2, 0) is 20.4 Å². The first-order valence-corrected chi connectivity index (χ1v) is 10.5. The van der Waals surface area contributed by atoms with E-state index in [4.69, 9.17) is 16.3 Å². The highest BCUT2D eigenvalue weighted by molar-refractivity contribution is 7.89. The Morgan fingerprint density at radius 3 is 2.54 bits per heavy atom. The summed E-state index contributed by atoms with van der Waals surface area (Å²) in [4.78, 5) is 12.2. The van der Waals surface area contributed by atoms with Gasteiger partial charge in [-0.3, -0.25) is 0 Å². The number of benzene rings is 2. The maximum absolute atomic E-state index is 13.2. The van der Waals surface area contributed by atoms with Gasteiger partial charge in [0.25, 0.3) is 0 Å². The van der Waals surface area contributed by atoms with E-state index < -0.39 is 15.6 Å². The van der Waals surface area contributed by atoms with Gasteiger partial charge in [-0.1, -0.05) is 29.8 Å². The Morgan fingerprint density at radius 1 is 1.04 bits per heavy atom. The van der Waals surface area contributed by atoms with Crippen molar-refractivity contribution in [1.82, 2.24) is 14.6 Å². The molecular weight excluding hydrogens is 406 g/mol. The fourth-order valence-corrected chi connectivity index (χ4v) is 5.71. The number of halogens is 1. The molecule has 1 spiro atoms. The van der Waals surface area contributed by atoms with Gasteiger partial charge in [0.15, 0.2) is 11.0 Å². The SMILES string of the molecule is O=C1OC2(CCN(S(=O)(=O)c3ccc(Cl)c4nonc34)CC2)c2ccccc21. The second-order valence-electron chi connectivity index (χ2n) is 6.84. The minimum Gasteiger partial charge on any atom is -0.450 e. The Hall–Kier alpha value is -2.49. The Kier molecular flexibility index (Phi) is 3.77. The quantitative estimate of drug-likeness (QED) is 0.588. The van der Waals surface area contributed by atoms with Crippen LogP contribution in [0.3, 0.4) is 0 Å². The topological polar surface area (TPSA) is 103 Å². The van der Waals surface area contributed by atoms with Crippen LogP contribution in [0.25, 0.3) is 11.0 Å². The molecule has 2 aliphatic rings. The van der Waals surface area contributed by atoms with Gasteiger partial charge in [-0.15, -0.1) is 0 Å². The third-order valence-corrected chi connectivity index (χ3v) is 7.64. The number of ether oxygens (including phenoxy) is 1. The maximum atomic E-state index is 13.2. The van der Waals surface area contributed by atoms with Crippen LogP contribution >= 0.6 is 11.6 Å². The number of rotatable bonds is 2. The van der Waals surface area contributed by atoms with E-state index in [-0.39, 0.29) is 40.0 Å². The molecule has 0 amide bonds. The number of sulfonamides is 1. The third-order valence-electron chi connectivity index (χ3n) is 5.40. The van der Waals surface area contributed by atoms with Crippen LogP contribution in [0.2, 0.25) is 5.02 Å². The molecule has 0 radical (unpaired) electrons. The van der Waals surface area contributed by atoms with Crippen molar-refractivity contribution >= 4 is 38.6 Å². The minimum atomic E-state index is -3.84. The highest BCUT2D eigenvalue weighted by Gasteiger charge is 2.48. The Bertz CT molecular complexity index is 1210. The molecule has 1 saturated heterocycles. The van der Waals surface area contributed by atoms with Crippen molar-refractivity contribution in [2.24, 2.45) is 0 Å². The summed E-state index contributed by atoms with van der Waals surface area (Å²) in [6.07, 6.45) is 0.756. The highest BCUT2D eigenvalue weighted by atomic mass is 35.5. The average molecular weight is 420 g/mol. The normalized spacial score (nSPS) is 19.1. The first-order chi connectivity index (χ1) is 13.4. The van der Waals surface area contributed by atoms with E-state index in [2.05, 4.69) is 14.9 Å². The number of piperidine rings is 1. The molecular formula is C18H14ClN3O5S. The van der Waals surface area contributed by atoms with Gasteiger partial charge in [0.05, 0.1) is 10.6 Å². The van der Waals surface area contributed by atoms with Crippen LogP contribution in [0, 0.1) is 0 Å². The number of nitrogens with zero attached hydrogens (tertiary/aromatic N) is 3. The summed E-state index contributed by atoms with van der Waals surface area (Å²) in [5, 5.41) is 7.64. The first kappa shape index (κ1) is 17.6. The fraction of sp³-hybridized carbons (Fsp3) is 0.278. The van der Waals surface area contributed by atoms with Gasteiger partial charge in [-0.25, -0.2) is 17.8 Å². The van der Waals surface area contributed by atoms with E-state index in [0.29, 0.717) is 18.4 Å². The van der Waals surface area contributed by atoms with Crippen molar-refractivity contribution in [3.8, 4) is 0 Å². The molecule has 1 aromatic heterocycles. The molecule has 0 bridgehead atoms. The summed E-state index contributed by atoms with van der Waals surface area (Å²) >= 11 is 6.03. The molecule has 0 atom stereocenters. The number of carbonyl (C=O) groups is 1. The number of carbonyl (C=O) groups excluding carboxylic acids is 1. The largest absolute Gasteiger partial charge is 0.450 e. The highest BCUT2D eigenvalue weighted by Crippen LogP contribution is 2.45. The van der Waals surface area contributed by atoms with Gasteiger partial charge >= 0.3 is 5.97 Å². The summed E-state index contributed by atoms with van der Waals surface area (Å²) < 4.78 is 38.1. The average Bonchev–Trinajstić information content (AvgIpc) is 3.28. The molecule has 3 heterocycles. The summed E-state index contributed by atoms with van der Waals surface area (Å²) in [6, 6.07) is 10.1. The first-order valence-electron chi connectivity index (χ1n) is 8.66. The lowest BCUT2D eigenvalue weighted by Crippen LogP contribution is -2.45. The van der Waals surface area contributed by atoms with E-state index in [1.165, 1.54) is 16.4 Å². The van der Waals surface area contributed by atoms with E-state index in [1.807, 2.05) is 12.1 Å². The maximum Gasteiger partial charge on any atom is 0.339 e. The van der Waals surface area contributed by atoms with E-state index in [9.17, 15) is 13.2 Å². The van der Waals surface area contributed by atoms with Crippen LogP contribution in [-0.4, -0.2) is 42.1 Å². The zero-order valence-electron chi connectivity index (χ0n) is 14.5. The van der Waals surface area contributed by atoms with E-state index in [1.54, 1.807) is 12.1 Å². The summed E-state index contributed by atoms with van der Waals surface area (Å²) in [6.45, 7) is 0.415. The van der Waals surface area contributed by atoms with Gasteiger partial charge in [0, 0.05) is 31.5 Å². The molecule has 0 N–H and O–H groups in total. The van der Waals surface area contributed by atoms with Crippen molar-refractivity contribution in [3.05, 3.63) is 52.5 Å². The minimum absolute atomic E-state index is 0.00656. The molecule has 2 aromatic carbocycles. The predicted octanol–water partition coefficient (Wildman–Crippen LogP) is 2.73. The number of esters is 1. The zero-order valence-corrected chi connectivity index (χ0v) is 16.0. The van der Waals surface area contributed by atoms with Crippen molar-refractivity contribution in [3.63, 3.8) is 0 Å². The number of fused-ring (bicyclic) bond motifs is 3. The summed E-state index contributed by atoms with van der Waals surface area (Å²) in [5.41, 5.74) is 0.906. The van der Waals surface area contributed by atoms with Gasteiger partial charge in [0.1, 0.15) is 10.5 Å². The molecule has 3 aromatic rings. The molecule has 1 fully saturated rings. The molecule has 144 valence electrons. The number of hydrogen-bond donors (Lipinski definition) is 0. The lowest BCUT2D eigenvalue weighted by Gasteiger charge is -2.37. The van der Waals surface area contributed by atoms with Crippen LogP contribution in [0.4, 0.5) is 0 Å². The lowest BCUT2D eigenvalue weighted by molar-refractivity contribution is -0.0329. The van der Waals surface area contributed by atoms with Crippen LogP contribution in [0.5, 0.6) is 0 Å². The third kappa shape index (κ3) is 2.40. The van der Waals surface area contributed by atoms with Crippen LogP contribution in [0.1, 0.15) is 28.8 Å². The van der Waals surface area contributed by atoms with Crippen molar-refractivity contribution < 1.29 is 22.6 Å². The van der Waals surface area contributed by atoms with Crippen LogP contribution < -0.4 is 0 Å². The Labute approximate surface area is 165 Å². The second-order valence-corrected chi connectivity index (χ2v) is 9.15. The Morgan fingerprint density at radius 2 is 1.75 bits per heavy atom. The fourth-order valence-electron chi connectivity index (χ4n) is 3.97. The summed E-state index contributed by atoms with van der Waals surface area (Å²) in [5.74, 6) is -0.361. The molecule has 28 heavy (non-hydrogen) atoms.